The van der Waals surface area contributed by atoms with Crippen LogP contribution in [-0.4, -0.2) is 5.78 Å². The second-order valence-corrected chi connectivity index (χ2v) is 6.49. The van der Waals surface area contributed by atoms with Gasteiger partial charge in [-0.1, -0.05) is 66.7 Å². The molecule has 0 unspecified atom stereocenters. The summed E-state index contributed by atoms with van der Waals surface area (Å²) in [5.41, 5.74) is 8.91. The van der Waals surface area contributed by atoms with Crippen molar-refractivity contribution in [2.75, 3.05) is 0 Å². The number of Topliss-reactive ketones (excluding diaryl/α,β-unsaturated/α-hetero) is 1. The fraction of sp³-hybridized carbons (Fsp3) is 0.136. The third kappa shape index (κ3) is 1.54. The summed E-state index contributed by atoms with van der Waals surface area (Å²) in [5, 5.41) is 0. The van der Waals surface area contributed by atoms with E-state index in [-0.39, 0.29) is 17.6 Å². The lowest BCUT2D eigenvalue weighted by molar-refractivity contribution is 0.101. The molecule has 2 bridgehead atoms. The number of hydrogen-bond donors (Lipinski definition) is 0. The van der Waals surface area contributed by atoms with E-state index in [2.05, 4.69) is 54.6 Å². The topological polar surface area (TPSA) is 17.1 Å². The zero-order valence-electron chi connectivity index (χ0n) is 12.9. The molecule has 0 aromatic heterocycles. The average molecular weight is 296 g/mol. The molecule has 23 heavy (non-hydrogen) atoms. The zero-order valence-corrected chi connectivity index (χ0v) is 12.9. The summed E-state index contributed by atoms with van der Waals surface area (Å²) >= 11 is 0. The van der Waals surface area contributed by atoms with Gasteiger partial charge in [-0.15, -0.1) is 0 Å². The lowest BCUT2D eigenvalue weighted by atomic mass is 9.60. The summed E-state index contributed by atoms with van der Waals surface area (Å²) in [5.74, 6) is 0.591. The Morgan fingerprint density at radius 3 is 1.65 bits per heavy atom. The van der Waals surface area contributed by atoms with Crippen molar-refractivity contribution >= 4 is 5.78 Å². The first-order valence-electron chi connectivity index (χ1n) is 8.08. The fourth-order valence-electron chi connectivity index (χ4n) is 4.52. The van der Waals surface area contributed by atoms with E-state index in [1.807, 2.05) is 12.1 Å². The van der Waals surface area contributed by atoms with Gasteiger partial charge in [0.15, 0.2) is 5.78 Å². The molecule has 0 atom stereocenters. The molecule has 0 spiro atoms. The van der Waals surface area contributed by atoms with Crippen LogP contribution in [0, 0.1) is 0 Å². The van der Waals surface area contributed by atoms with E-state index >= 15 is 0 Å². The third-order valence-electron chi connectivity index (χ3n) is 5.35. The van der Waals surface area contributed by atoms with Gasteiger partial charge in [-0.2, -0.15) is 0 Å². The second kappa shape index (κ2) is 4.42. The first-order chi connectivity index (χ1) is 11.3. The summed E-state index contributed by atoms with van der Waals surface area (Å²) in [6.07, 6.45) is 0. The van der Waals surface area contributed by atoms with Crippen molar-refractivity contribution in [1.29, 1.82) is 0 Å². The van der Waals surface area contributed by atoms with Gasteiger partial charge in [0.2, 0.25) is 0 Å². The maximum Gasteiger partial charge on any atom is 0.160 e. The zero-order chi connectivity index (χ0) is 15.6. The van der Waals surface area contributed by atoms with Crippen LogP contribution >= 0.6 is 0 Å². The Bertz CT molecular complexity index is 920. The summed E-state index contributed by atoms with van der Waals surface area (Å²) in [6, 6.07) is 23.6. The number of carbonyl (C=O) groups is 1. The molecule has 3 aromatic rings. The monoisotopic (exact) mass is 296 g/mol. The predicted octanol–water partition coefficient (Wildman–Crippen LogP) is 4.88. The van der Waals surface area contributed by atoms with E-state index in [9.17, 15) is 4.79 Å². The predicted molar refractivity (Wildman–Crippen MR) is 91.2 cm³/mol. The Kier molecular flexibility index (Phi) is 2.47. The van der Waals surface area contributed by atoms with Crippen molar-refractivity contribution in [3.8, 4) is 0 Å². The highest BCUT2D eigenvalue weighted by atomic mass is 16.1. The van der Waals surface area contributed by atoms with Crippen molar-refractivity contribution in [2.24, 2.45) is 0 Å². The Labute approximate surface area is 135 Å². The smallest absolute Gasteiger partial charge is 0.160 e. The van der Waals surface area contributed by atoms with E-state index in [1.165, 1.54) is 33.4 Å². The minimum Gasteiger partial charge on any atom is -0.295 e. The molecule has 3 aliphatic carbocycles. The van der Waals surface area contributed by atoms with Crippen LogP contribution in [0.3, 0.4) is 0 Å². The largest absolute Gasteiger partial charge is 0.295 e. The molecule has 1 nitrogen and oxygen atoms in total. The highest BCUT2D eigenvalue weighted by molar-refractivity contribution is 5.97. The SMILES string of the molecule is CC(=O)c1cccc2c1C1c3ccccc3C2c2ccccc21. The Hall–Kier alpha value is -2.67. The molecule has 0 saturated carbocycles. The molecule has 0 N–H and O–H groups in total. The number of rotatable bonds is 1. The molecular weight excluding hydrogens is 280 g/mol. The summed E-state index contributed by atoms with van der Waals surface area (Å²) < 4.78 is 0. The molecular formula is C22H16O. The molecule has 0 radical (unpaired) electrons. The van der Waals surface area contributed by atoms with Crippen LogP contribution < -0.4 is 0 Å². The lowest BCUT2D eigenvalue weighted by Gasteiger charge is -2.42. The highest BCUT2D eigenvalue weighted by Gasteiger charge is 2.42. The molecule has 3 aromatic carbocycles. The molecule has 6 rings (SSSR count). The van der Waals surface area contributed by atoms with Crippen LogP contribution in [-0.2, 0) is 0 Å². The molecule has 110 valence electrons. The van der Waals surface area contributed by atoms with Crippen molar-refractivity contribution in [2.45, 2.75) is 18.8 Å². The number of hydrogen-bond acceptors (Lipinski definition) is 1. The molecule has 0 aliphatic heterocycles. The van der Waals surface area contributed by atoms with Gasteiger partial charge in [-0.3, -0.25) is 4.79 Å². The van der Waals surface area contributed by atoms with Crippen molar-refractivity contribution in [1.82, 2.24) is 0 Å². The standard InChI is InChI=1S/C22H16O/c1-13(23)14-11-6-12-19-20-15-7-2-4-9-17(15)22(21(14)19)18-10-5-3-8-16(18)20/h2-12,20,22H,1H3. The maximum absolute atomic E-state index is 12.2. The van der Waals surface area contributed by atoms with Crippen LogP contribution in [0.4, 0.5) is 0 Å². The lowest BCUT2D eigenvalue weighted by Crippen LogP contribution is -2.29. The second-order valence-electron chi connectivity index (χ2n) is 6.49. The Morgan fingerprint density at radius 2 is 1.13 bits per heavy atom. The number of carbonyl (C=O) groups excluding carboxylic acids is 1. The number of benzene rings is 3. The Balaban J connectivity index is 1.93. The van der Waals surface area contributed by atoms with Gasteiger partial charge in [-0.05, 0) is 40.3 Å². The highest BCUT2D eigenvalue weighted by Crippen LogP contribution is 2.56. The van der Waals surface area contributed by atoms with Gasteiger partial charge < -0.3 is 0 Å². The molecule has 0 fully saturated rings. The van der Waals surface area contributed by atoms with Crippen LogP contribution in [0.2, 0.25) is 0 Å². The van der Waals surface area contributed by atoms with Gasteiger partial charge >= 0.3 is 0 Å². The van der Waals surface area contributed by atoms with Gasteiger partial charge in [0.1, 0.15) is 0 Å². The van der Waals surface area contributed by atoms with E-state index in [1.54, 1.807) is 6.92 Å². The van der Waals surface area contributed by atoms with E-state index < -0.39 is 0 Å². The fourth-order valence-corrected chi connectivity index (χ4v) is 4.52. The minimum atomic E-state index is 0.157. The van der Waals surface area contributed by atoms with E-state index in [4.69, 9.17) is 0 Å². The van der Waals surface area contributed by atoms with Crippen LogP contribution in [0.1, 0.15) is 62.5 Å². The molecule has 1 heteroatoms. The van der Waals surface area contributed by atoms with Gasteiger partial charge in [0.25, 0.3) is 0 Å². The van der Waals surface area contributed by atoms with Crippen LogP contribution in [0.25, 0.3) is 0 Å². The first-order valence-corrected chi connectivity index (χ1v) is 8.08. The quantitative estimate of drug-likeness (QED) is 0.403. The van der Waals surface area contributed by atoms with Crippen molar-refractivity contribution < 1.29 is 4.79 Å². The summed E-state index contributed by atoms with van der Waals surface area (Å²) in [6.45, 7) is 1.68. The third-order valence-corrected chi connectivity index (χ3v) is 5.35. The van der Waals surface area contributed by atoms with E-state index in [0.29, 0.717) is 0 Å². The molecule has 0 heterocycles. The van der Waals surface area contributed by atoms with Crippen LogP contribution in [0.5, 0.6) is 0 Å². The van der Waals surface area contributed by atoms with Crippen LogP contribution in [0.15, 0.2) is 66.7 Å². The van der Waals surface area contributed by atoms with Gasteiger partial charge in [-0.25, -0.2) is 0 Å². The normalized spacial score (nSPS) is 19.7. The van der Waals surface area contributed by atoms with Gasteiger partial charge in [0, 0.05) is 17.4 Å². The average Bonchev–Trinajstić information content (AvgIpc) is 2.60. The van der Waals surface area contributed by atoms with Crippen molar-refractivity contribution in [3.05, 3.63) is 106 Å². The van der Waals surface area contributed by atoms with E-state index in [0.717, 1.165) is 5.56 Å². The van der Waals surface area contributed by atoms with Crippen molar-refractivity contribution in [3.63, 3.8) is 0 Å². The summed E-state index contributed by atoms with van der Waals surface area (Å²) in [4.78, 5) is 12.2. The molecule has 0 saturated heterocycles. The minimum absolute atomic E-state index is 0.157. The molecule has 0 amide bonds. The molecule has 3 aliphatic rings. The van der Waals surface area contributed by atoms with Gasteiger partial charge in [0.05, 0.1) is 0 Å². The first kappa shape index (κ1) is 12.8. The Morgan fingerprint density at radius 1 is 0.652 bits per heavy atom. The summed E-state index contributed by atoms with van der Waals surface area (Å²) in [7, 11) is 0. The number of ketones is 1. The maximum atomic E-state index is 12.2.